The number of rotatable bonds is 3. The third-order valence-corrected chi connectivity index (χ3v) is 3.93. The van der Waals surface area contributed by atoms with Crippen molar-refractivity contribution in [3.05, 3.63) is 66.2 Å². The molecular weight excluding hydrogens is 274 g/mol. The molecule has 112 valence electrons. The van der Waals surface area contributed by atoms with E-state index in [9.17, 15) is 4.79 Å². The fourth-order valence-electron chi connectivity index (χ4n) is 2.73. The van der Waals surface area contributed by atoms with Crippen LogP contribution in [0.1, 0.15) is 24.2 Å². The molecule has 0 bridgehead atoms. The van der Waals surface area contributed by atoms with Crippen LogP contribution in [0, 0.1) is 0 Å². The Morgan fingerprint density at radius 1 is 1.05 bits per heavy atom. The molecule has 0 spiro atoms. The third-order valence-electron chi connectivity index (χ3n) is 3.93. The Labute approximate surface area is 130 Å². The van der Waals surface area contributed by atoms with Crippen LogP contribution in [0.5, 0.6) is 0 Å². The zero-order chi connectivity index (χ0) is 15.5. The molecule has 2 aromatic rings. The highest BCUT2D eigenvalue weighted by atomic mass is 16.1. The van der Waals surface area contributed by atoms with E-state index in [-0.39, 0.29) is 18.0 Å². The molecule has 1 amide bonds. The van der Waals surface area contributed by atoms with Crippen molar-refractivity contribution in [3.8, 4) is 0 Å². The van der Waals surface area contributed by atoms with Crippen LogP contribution in [0.25, 0.3) is 0 Å². The number of nitrogens with zero attached hydrogens (tertiary/aromatic N) is 2. The van der Waals surface area contributed by atoms with E-state index >= 15 is 0 Å². The normalized spacial score (nSPS) is 20.6. The molecule has 0 radical (unpaired) electrons. The lowest BCUT2D eigenvalue weighted by molar-refractivity contribution is 0.0944. The summed E-state index contributed by atoms with van der Waals surface area (Å²) in [4.78, 5) is 12.4. The standard InChI is InChI=1S/C18H19N3O/c1-13-17(19-18(22)15-9-5-3-6-10-15)14(2)21(20-13)16-11-7-4-8-12-16/h3-12,14,17H,1-2H3,(H,19,22)/t14-,17-/m1/s1. The van der Waals surface area contributed by atoms with Gasteiger partial charge in [-0.15, -0.1) is 0 Å². The van der Waals surface area contributed by atoms with E-state index in [1.807, 2.05) is 72.6 Å². The molecule has 0 fully saturated rings. The number of para-hydroxylation sites is 1. The average Bonchev–Trinajstić information content (AvgIpc) is 2.84. The lowest BCUT2D eigenvalue weighted by atomic mass is 10.1. The van der Waals surface area contributed by atoms with Gasteiger partial charge in [0.15, 0.2) is 0 Å². The van der Waals surface area contributed by atoms with Crippen LogP contribution < -0.4 is 10.3 Å². The number of nitrogens with one attached hydrogen (secondary N) is 1. The highest BCUT2D eigenvalue weighted by Crippen LogP contribution is 2.24. The molecule has 0 unspecified atom stereocenters. The number of benzene rings is 2. The topological polar surface area (TPSA) is 44.7 Å². The number of amides is 1. The number of hydrogen-bond donors (Lipinski definition) is 1. The number of anilines is 1. The van der Waals surface area contributed by atoms with Gasteiger partial charge in [0, 0.05) is 5.56 Å². The van der Waals surface area contributed by atoms with Crippen molar-refractivity contribution in [2.24, 2.45) is 5.10 Å². The first-order chi connectivity index (χ1) is 10.7. The first-order valence-electron chi connectivity index (χ1n) is 7.42. The molecule has 3 rings (SSSR count). The maximum absolute atomic E-state index is 12.4. The van der Waals surface area contributed by atoms with E-state index in [0.717, 1.165) is 11.4 Å². The molecule has 1 N–H and O–H groups in total. The van der Waals surface area contributed by atoms with Crippen molar-refractivity contribution in [3.63, 3.8) is 0 Å². The minimum absolute atomic E-state index is 0.0677. The molecule has 1 aliphatic heterocycles. The summed E-state index contributed by atoms with van der Waals surface area (Å²) >= 11 is 0. The number of carbonyl (C=O) groups is 1. The molecule has 22 heavy (non-hydrogen) atoms. The lowest BCUT2D eigenvalue weighted by Crippen LogP contribution is -2.47. The molecule has 0 saturated carbocycles. The van der Waals surface area contributed by atoms with Gasteiger partial charge in [0.25, 0.3) is 5.91 Å². The summed E-state index contributed by atoms with van der Waals surface area (Å²) in [7, 11) is 0. The van der Waals surface area contributed by atoms with Crippen LogP contribution in [0.2, 0.25) is 0 Å². The average molecular weight is 293 g/mol. The predicted molar refractivity (Wildman–Crippen MR) is 89.2 cm³/mol. The third kappa shape index (κ3) is 2.72. The van der Waals surface area contributed by atoms with E-state index < -0.39 is 0 Å². The first kappa shape index (κ1) is 14.3. The second-order valence-electron chi connectivity index (χ2n) is 5.48. The van der Waals surface area contributed by atoms with E-state index in [1.54, 1.807) is 0 Å². The highest BCUT2D eigenvalue weighted by molar-refractivity contribution is 6.00. The predicted octanol–water partition coefficient (Wildman–Crippen LogP) is 3.07. The van der Waals surface area contributed by atoms with Crippen molar-refractivity contribution >= 4 is 17.3 Å². The summed E-state index contributed by atoms with van der Waals surface area (Å²) in [5, 5.41) is 9.65. The smallest absolute Gasteiger partial charge is 0.251 e. The first-order valence-corrected chi connectivity index (χ1v) is 7.42. The second-order valence-corrected chi connectivity index (χ2v) is 5.48. The largest absolute Gasteiger partial charge is 0.342 e. The van der Waals surface area contributed by atoms with Gasteiger partial charge in [0.2, 0.25) is 0 Å². The molecule has 0 aromatic heterocycles. The van der Waals surface area contributed by atoms with E-state index in [1.165, 1.54) is 0 Å². The molecule has 4 nitrogen and oxygen atoms in total. The van der Waals surface area contributed by atoms with Gasteiger partial charge in [0.1, 0.15) is 0 Å². The van der Waals surface area contributed by atoms with Crippen LogP contribution >= 0.6 is 0 Å². The van der Waals surface area contributed by atoms with Crippen LogP contribution in [-0.4, -0.2) is 23.7 Å². The van der Waals surface area contributed by atoms with Crippen molar-refractivity contribution < 1.29 is 4.79 Å². The monoisotopic (exact) mass is 293 g/mol. The Hall–Kier alpha value is -2.62. The number of hydrazone groups is 1. The Bertz CT molecular complexity index is 682. The Morgan fingerprint density at radius 2 is 1.64 bits per heavy atom. The fraction of sp³-hybridized carbons (Fsp3) is 0.222. The fourth-order valence-corrected chi connectivity index (χ4v) is 2.73. The molecule has 1 heterocycles. The van der Waals surface area contributed by atoms with Gasteiger partial charge in [-0.3, -0.25) is 9.80 Å². The van der Waals surface area contributed by atoms with Gasteiger partial charge < -0.3 is 5.32 Å². The summed E-state index contributed by atoms with van der Waals surface area (Å²) < 4.78 is 0. The minimum atomic E-state index is -0.0899. The molecule has 1 aliphatic rings. The summed E-state index contributed by atoms with van der Waals surface area (Å²) in [5.41, 5.74) is 2.62. The van der Waals surface area contributed by atoms with Crippen LogP contribution in [-0.2, 0) is 0 Å². The van der Waals surface area contributed by atoms with Gasteiger partial charge in [-0.1, -0.05) is 36.4 Å². The zero-order valence-corrected chi connectivity index (χ0v) is 12.7. The molecule has 2 atom stereocenters. The summed E-state index contributed by atoms with van der Waals surface area (Å²) in [6, 6.07) is 19.3. The quantitative estimate of drug-likeness (QED) is 0.945. The summed E-state index contributed by atoms with van der Waals surface area (Å²) in [6.07, 6.45) is 0. The Balaban J connectivity index is 1.76. The van der Waals surface area contributed by atoms with Crippen LogP contribution in [0.4, 0.5) is 5.69 Å². The summed E-state index contributed by atoms with van der Waals surface area (Å²) in [6.45, 7) is 4.03. The zero-order valence-electron chi connectivity index (χ0n) is 12.7. The van der Waals surface area contributed by atoms with Crippen LogP contribution in [0.3, 0.4) is 0 Å². The molecular formula is C18H19N3O. The Morgan fingerprint density at radius 3 is 2.27 bits per heavy atom. The van der Waals surface area contributed by atoms with E-state index in [2.05, 4.69) is 17.3 Å². The van der Waals surface area contributed by atoms with Crippen molar-refractivity contribution in [1.29, 1.82) is 0 Å². The molecule has 0 saturated heterocycles. The van der Waals surface area contributed by atoms with Crippen molar-refractivity contribution in [1.82, 2.24) is 5.32 Å². The van der Waals surface area contributed by atoms with Crippen molar-refractivity contribution in [2.75, 3.05) is 5.01 Å². The maximum Gasteiger partial charge on any atom is 0.251 e. The highest BCUT2D eigenvalue weighted by Gasteiger charge is 2.33. The van der Waals surface area contributed by atoms with Crippen LogP contribution in [0.15, 0.2) is 65.8 Å². The van der Waals surface area contributed by atoms with Gasteiger partial charge in [-0.05, 0) is 38.1 Å². The number of carbonyl (C=O) groups excluding carboxylic acids is 1. The summed E-state index contributed by atoms with van der Waals surface area (Å²) in [5.74, 6) is -0.0677. The maximum atomic E-state index is 12.4. The Kier molecular flexibility index (Phi) is 3.92. The van der Waals surface area contributed by atoms with Crippen molar-refractivity contribution in [2.45, 2.75) is 25.9 Å². The minimum Gasteiger partial charge on any atom is -0.342 e. The van der Waals surface area contributed by atoms with E-state index in [0.29, 0.717) is 5.56 Å². The number of hydrogen-bond acceptors (Lipinski definition) is 3. The van der Waals surface area contributed by atoms with Gasteiger partial charge in [0.05, 0.1) is 23.5 Å². The molecule has 2 aromatic carbocycles. The second kappa shape index (κ2) is 6.02. The SMILES string of the molecule is CC1=NN(c2ccccc2)[C@H](C)[C@@H]1NC(=O)c1ccccc1. The van der Waals surface area contributed by atoms with Gasteiger partial charge in [-0.2, -0.15) is 5.10 Å². The van der Waals surface area contributed by atoms with E-state index in [4.69, 9.17) is 0 Å². The molecule has 0 aliphatic carbocycles. The lowest BCUT2D eigenvalue weighted by Gasteiger charge is -2.25. The van der Waals surface area contributed by atoms with Gasteiger partial charge in [-0.25, -0.2) is 0 Å². The molecule has 4 heteroatoms. The van der Waals surface area contributed by atoms with Gasteiger partial charge >= 0.3 is 0 Å².